The van der Waals surface area contributed by atoms with Gasteiger partial charge in [-0.2, -0.15) is 0 Å². The van der Waals surface area contributed by atoms with Gasteiger partial charge in [0.15, 0.2) is 6.10 Å². The Kier molecular flexibility index (Phi) is 6.40. The summed E-state index contributed by atoms with van der Waals surface area (Å²) in [6.07, 6.45) is 0.271. The van der Waals surface area contributed by atoms with E-state index in [0.717, 1.165) is 6.42 Å². The van der Waals surface area contributed by atoms with Crippen molar-refractivity contribution in [2.45, 2.75) is 25.5 Å². The van der Waals surface area contributed by atoms with Gasteiger partial charge in [-0.1, -0.05) is 23.2 Å². The molecule has 4 nitrogen and oxygen atoms in total. The average Bonchev–Trinajstić information content (AvgIpc) is 2.79. The number of nitrogens with two attached hydrogens (primary N) is 1. The summed E-state index contributed by atoms with van der Waals surface area (Å²) in [5, 5.41) is 0.862. The summed E-state index contributed by atoms with van der Waals surface area (Å²) >= 11 is 11.7. The zero-order valence-electron chi connectivity index (χ0n) is 11.0. The number of carbonyl (C=O) groups is 1. The molecule has 0 bridgehead atoms. The number of nitrogens with zero attached hydrogens (tertiary/aromatic N) is 1. The van der Waals surface area contributed by atoms with Gasteiger partial charge in [0.2, 0.25) is 0 Å². The molecule has 7 heteroatoms. The molecule has 1 aliphatic heterocycles. The lowest BCUT2D eigenvalue weighted by Gasteiger charge is -2.21. The van der Waals surface area contributed by atoms with Crippen LogP contribution >= 0.6 is 35.6 Å². The van der Waals surface area contributed by atoms with E-state index in [1.54, 1.807) is 30.0 Å². The van der Waals surface area contributed by atoms with Crippen molar-refractivity contribution >= 4 is 41.5 Å². The molecule has 1 aromatic carbocycles. The van der Waals surface area contributed by atoms with Crippen LogP contribution in [0, 0.1) is 0 Å². The predicted molar refractivity (Wildman–Crippen MR) is 83.0 cm³/mol. The molecule has 2 atom stereocenters. The van der Waals surface area contributed by atoms with Crippen LogP contribution in [0.2, 0.25) is 10.0 Å². The Morgan fingerprint density at radius 3 is 2.70 bits per heavy atom. The minimum atomic E-state index is -0.567. The second kappa shape index (κ2) is 7.36. The van der Waals surface area contributed by atoms with Gasteiger partial charge in [-0.05, 0) is 25.5 Å². The third-order valence-corrected chi connectivity index (χ3v) is 3.83. The minimum absolute atomic E-state index is 0. The van der Waals surface area contributed by atoms with Gasteiger partial charge in [0.05, 0.1) is 10.0 Å². The summed E-state index contributed by atoms with van der Waals surface area (Å²) in [7, 11) is 0. The summed E-state index contributed by atoms with van der Waals surface area (Å²) in [5.41, 5.74) is 5.79. The van der Waals surface area contributed by atoms with Crippen LogP contribution < -0.4 is 10.5 Å². The fourth-order valence-corrected chi connectivity index (χ4v) is 2.34. The molecule has 0 aromatic heterocycles. The molecule has 1 aromatic rings. The van der Waals surface area contributed by atoms with E-state index in [-0.39, 0.29) is 24.4 Å². The third-order valence-electron chi connectivity index (χ3n) is 3.09. The Morgan fingerprint density at radius 1 is 1.45 bits per heavy atom. The van der Waals surface area contributed by atoms with E-state index in [1.807, 2.05) is 0 Å². The number of carbonyl (C=O) groups excluding carboxylic acids is 1. The Morgan fingerprint density at radius 2 is 2.15 bits per heavy atom. The number of halogens is 3. The van der Waals surface area contributed by atoms with E-state index in [9.17, 15) is 4.79 Å². The summed E-state index contributed by atoms with van der Waals surface area (Å²) in [6.45, 7) is 3.00. The molecular formula is C13H17Cl3N2O2. The van der Waals surface area contributed by atoms with Gasteiger partial charge in [0.25, 0.3) is 5.91 Å². The molecule has 2 N–H and O–H groups in total. The largest absolute Gasteiger partial charge is 0.481 e. The maximum atomic E-state index is 12.1. The van der Waals surface area contributed by atoms with Crippen molar-refractivity contribution in [2.24, 2.45) is 5.73 Å². The van der Waals surface area contributed by atoms with Crippen LogP contribution in [0.25, 0.3) is 0 Å². The molecule has 20 heavy (non-hydrogen) atoms. The average molecular weight is 340 g/mol. The van der Waals surface area contributed by atoms with Crippen LogP contribution in [0.15, 0.2) is 18.2 Å². The molecule has 1 aliphatic rings. The zero-order chi connectivity index (χ0) is 14.0. The highest BCUT2D eigenvalue weighted by Gasteiger charge is 2.28. The van der Waals surface area contributed by atoms with Crippen LogP contribution in [0.3, 0.4) is 0 Å². The van der Waals surface area contributed by atoms with Gasteiger partial charge in [-0.25, -0.2) is 0 Å². The van der Waals surface area contributed by atoms with E-state index in [1.165, 1.54) is 0 Å². The standard InChI is InChI=1S/C13H16Cl2N2O2.ClH/c1-8(13(18)17-5-4-9(16)7-17)19-10-2-3-11(14)12(15)6-10;/h2-3,6,8-9H,4-5,7,16H2,1H3;1H/t8?,9-;/m1./s1. The Bertz CT molecular complexity index is 485. The number of benzene rings is 1. The summed E-state index contributed by atoms with van der Waals surface area (Å²) in [5.74, 6) is 0.470. The van der Waals surface area contributed by atoms with Crippen LogP contribution in [0.1, 0.15) is 13.3 Å². The normalized spacial score (nSPS) is 19.4. The second-order valence-electron chi connectivity index (χ2n) is 4.67. The lowest BCUT2D eigenvalue weighted by atomic mass is 10.3. The van der Waals surface area contributed by atoms with E-state index < -0.39 is 6.10 Å². The number of hydrogen-bond donors (Lipinski definition) is 1. The molecule has 0 saturated carbocycles. The first-order chi connectivity index (χ1) is 8.97. The number of likely N-dealkylation sites (tertiary alicyclic amines) is 1. The van der Waals surface area contributed by atoms with Crippen molar-refractivity contribution in [3.63, 3.8) is 0 Å². The molecule has 2 rings (SSSR count). The highest BCUT2D eigenvalue weighted by atomic mass is 35.5. The summed E-state index contributed by atoms with van der Waals surface area (Å²) in [4.78, 5) is 13.9. The van der Waals surface area contributed by atoms with Gasteiger partial charge in [0.1, 0.15) is 5.75 Å². The fraction of sp³-hybridized carbons (Fsp3) is 0.462. The molecule has 1 heterocycles. The first-order valence-electron chi connectivity index (χ1n) is 6.13. The van der Waals surface area contributed by atoms with E-state index in [0.29, 0.717) is 28.9 Å². The maximum Gasteiger partial charge on any atom is 0.263 e. The number of ether oxygens (including phenoxy) is 1. The molecule has 0 radical (unpaired) electrons. The van der Waals surface area contributed by atoms with Crippen molar-refractivity contribution in [3.8, 4) is 5.75 Å². The van der Waals surface area contributed by atoms with Crippen molar-refractivity contribution < 1.29 is 9.53 Å². The Balaban J connectivity index is 0.00000200. The van der Waals surface area contributed by atoms with Gasteiger partial charge >= 0.3 is 0 Å². The van der Waals surface area contributed by atoms with Crippen molar-refractivity contribution in [2.75, 3.05) is 13.1 Å². The summed E-state index contributed by atoms with van der Waals surface area (Å²) < 4.78 is 5.58. The zero-order valence-corrected chi connectivity index (χ0v) is 13.3. The molecule has 1 fully saturated rings. The van der Waals surface area contributed by atoms with E-state index in [2.05, 4.69) is 0 Å². The van der Waals surface area contributed by atoms with Crippen LogP contribution in [0.4, 0.5) is 0 Å². The Labute approximate surface area is 134 Å². The van der Waals surface area contributed by atoms with Crippen LogP contribution in [0.5, 0.6) is 5.75 Å². The lowest BCUT2D eigenvalue weighted by Crippen LogP contribution is -2.40. The van der Waals surface area contributed by atoms with Gasteiger partial charge in [-0.15, -0.1) is 12.4 Å². The van der Waals surface area contributed by atoms with Gasteiger partial charge in [0, 0.05) is 25.2 Å². The van der Waals surface area contributed by atoms with Crippen LogP contribution in [-0.4, -0.2) is 36.0 Å². The summed E-state index contributed by atoms with van der Waals surface area (Å²) in [6, 6.07) is 5.00. The van der Waals surface area contributed by atoms with Crippen molar-refractivity contribution in [3.05, 3.63) is 28.2 Å². The molecule has 1 unspecified atom stereocenters. The Hall–Kier alpha value is -0.680. The first-order valence-corrected chi connectivity index (χ1v) is 6.89. The highest BCUT2D eigenvalue weighted by molar-refractivity contribution is 6.42. The van der Waals surface area contributed by atoms with Gasteiger partial charge in [-0.3, -0.25) is 4.79 Å². The van der Waals surface area contributed by atoms with Crippen LogP contribution in [-0.2, 0) is 4.79 Å². The lowest BCUT2D eigenvalue weighted by molar-refractivity contribution is -0.136. The number of amides is 1. The quantitative estimate of drug-likeness (QED) is 0.921. The van der Waals surface area contributed by atoms with E-state index in [4.69, 9.17) is 33.7 Å². The molecular weight excluding hydrogens is 323 g/mol. The number of rotatable bonds is 3. The third kappa shape index (κ3) is 4.16. The fourth-order valence-electron chi connectivity index (χ4n) is 2.05. The highest BCUT2D eigenvalue weighted by Crippen LogP contribution is 2.27. The smallest absolute Gasteiger partial charge is 0.263 e. The molecule has 112 valence electrons. The molecule has 0 aliphatic carbocycles. The maximum absolute atomic E-state index is 12.1. The SMILES string of the molecule is CC(Oc1ccc(Cl)c(Cl)c1)C(=O)N1CC[C@@H](N)C1.Cl. The minimum Gasteiger partial charge on any atom is -0.481 e. The van der Waals surface area contributed by atoms with E-state index >= 15 is 0 Å². The molecule has 1 amide bonds. The first kappa shape index (κ1) is 17.4. The topological polar surface area (TPSA) is 55.6 Å². The molecule has 1 saturated heterocycles. The second-order valence-corrected chi connectivity index (χ2v) is 5.48. The molecule has 0 spiro atoms. The van der Waals surface area contributed by atoms with Gasteiger partial charge < -0.3 is 15.4 Å². The predicted octanol–water partition coefficient (Wildman–Crippen LogP) is 2.74. The number of hydrogen-bond acceptors (Lipinski definition) is 3. The monoisotopic (exact) mass is 338 g/mol. The van der Waals surface area contributed by atoms with Crippen molar-refractivity contribution in [1.29, 1.82) is 0 Å². The van der Waals surface area contributed by atoms with Crippen molar-refractivity contribution in [1.82, 2.24) is 4.90 Å².